The third-order valence-corrected chi connectivity index (χ3v) is 4.35. The number of hydrogen-bond acceptors (Lipinski definition) is 4. The molecule has 1 amide bonds. The van der Waals surface area contributed by atoms with Gasteiger partial charge in [0, 0.05) is 12.1 Å². The number of amides is 1. The lowest BCUT2D eigenvalue weighted by Crippen LogP contribution is -2.21. The largest absolute Gasteiger partial charge is 0.273 e. The van der Waals surface area contributed by atoms with Crippen LogP contribution < -0.4 is 5.43 Å². The van der Waals surface area contributed by atoms with Gasteiger partial charge < -0.3 is 0 Å². The minimum absolute atomic E-state index is 0.0232. The van der Waals surface area contributed by atoms with Crippen LogP contribution in [0.2, 0.25) is 0 Å². The van der Waals surface area contributed by atoms with Gasteiger partial charge in [-0.1, -0.05) is 18.2 Å². The molecule has 6 heteroatoms. The van der Waals surface area contributed by atoms with Crippen LogP contribution >= 0.6 is 0 Å². The highest BCUT2D eigenvalue weighted by Gasteiger charge is 2.14. The van der Waals surface area contributed by atoms with Crippen molar-refractivity contribution in [2.75, 3.05) is 0 Å². The summed E-state index contributed by atoms with van der Waals surface area (Å²) in [6, 6.07) is 12.1. The van der Waals surface area contributed by atoms with Crippen LogP contribution in [0.25, 0.3) is 0 Å². The summed E-state index contributed by atoms with van der Waals surface area (Å²) in [6.07, 6.45) is 6.28. The van der Waals surface area contributed by atoms with Crippen molar-refractivity contribution in [1.29, 1.82) is 0 Å². The molecule has 1 aliphatic rings. The molecule has 0 heterocycles. The molecule has 0 fully saturated rings. The van der Waals surface area contributed by atoms with Gasteiger partial charge in [0.2, 0.25) is 5.91 Å². The molecule has 0 saturated heterocycles. The van der Waals surface area contributed by atoms with Crippen molar-refractivity contribution in [2.24, 2.45) is 5.10 Å². The summed E-state index contributed by atoms with van der Waals surface area (Å²) >= 11 is 0. The smallest absolute Gasteiger partial charge is 0.269 e. The Labute approximate surface area is 145 Å². The van der Waals surface area contributed by atoms with E-state index in [0.29, 0.717) is 12.0 Å². The number of hydrogen-bond donors (Lipinski definition) is 1. The van der Waals surface area contributed by atoms with E-state index in [1.165, 1.54) is 42.3 Å². The number of hydrazone groups is 1. The molecule has 0 bridgehead atoms. The molecule has 2 aromatic carbocycles. The fraction of sp³-hybridized carbons (Fsp3) is 0.263. The van der Waals surface area contributed by atoms with Crippen molar-refractivity contribution in [3.8, 4) is 0 Å². The molecule has 0 saturated carbocycles. The molecule has 1 aliphatic carbocycles. The first-order chi connectivity index (χ1) is 12.1. The minimum atomic E-state index is -0.455. The molecule has 0 unspecified atom stereocenters. The summed E-state index contributed by atoms with van der Waals surface area (Å²) in [4.78, 5) is 22.3. The molecule has 6 nitrogen and oxygen atoms in total. The summed E-state index contributed by atoms with van der Waals surface area (Å²) in [6.45, 7) is 0. The second-order valence-electron chi connectivity index (χ2n) is 6.08. The van der Waals surface area contributed by atoms with Crippen LogP contribution in [0.5, 0.6) is 0 Å². The average Bonchev–Trinajstić information content (AvgIpc) is 2.62. The number of benzene rings is 2. The Morgan fingerprint density at radius 1 is 1.16 bits per heavy atom. The van der Waals surface area contributed by atoms with Gasteiger partial charge in [0.05, 0.1) is 17.6 Å². The number of carbonyl (C=O) groups excluding carboxylic acids is 1. The fourth-order valence-corrected chi connectivity index (χ4v) is 3.10. The topological polar surface area (TPSA) is 84.6 Å². The molecule has 128 valence electrons. The number of nitro groups is 1. The van der Waals surface area contributed by atoms with E-state index in [1.807, 2.05) is 12.1 Å². The number of nitrogens with one attached hydrogen (secondary N) is 1. The Morgan fingerprint density at radius 3 is 2.68 bits per heavy atom. The lowest BCUT2D eigenvalue weighted by molar-refractivity contribution is -0.384. The quantitative estimate of drug-likeness (QED) is 0.517. The Morgan fingerprint density at radius 2 is 1.92 bits per heavy atom. The van der Waals surface area contributed by atoms with Crippen molar-refractivity contribution in [2.45, 2.75) is 32.1 Å². The molecule has 3 rings (SSSR count). The monoisotopic (exact) mass is 337 g/mol. The van der Waals surface area contributed by atoms with Crippen LogP contribution in [0.1, 0.15) is 35.1 Å². The molecule has 0 radical (unpaired) electrons. The Balaban J connectivity index is 1.59. The normalized spacial score (nSPS) is 13.4. The average molecular weight is 337 g/mol. The zero-order valence-corrected chi connectivity index (χ0v) is 13.8. The number of fused-ring (bicyclic) bond motifs is 1. The maximum absolute atomic E-state index is 12.1. The first-order valence-electron chi connectivity index (χ1n) is 8.29. The maximum atomic E-state index is 12.1. The number of carbonyl (C=O) groups is 1. The van der Waals surface area contributed by atoms with Crippen LogP contribution in [-0.4, -0.2) is 17.0 Å². The van der Waals surface area contributed by atoms with Gasteiger partial charge in [-0.3, -0.25) is 14.9 Å². The summed E-state index contributed by atoms with van der Waals surface area (Å²) in [5.41, 5.74) is 6.96. The fourth-order valence-electron chi connectivity index (χ4n) is 3.10. The van der Waals surface area contributed by atoms with Crippen LogP contribution in [0.3, 0.4) is 0 Å². The molecule has 0 spiro atoms. The van der Waals surface area contributed by atoms with Crippen molar-refractivity contribution < 1.29 is 9.72 Å². The number of aryl methyl sites for hydroxylation is 1. The highest BCUT2D eigenvalue weighted by Crippen LogP contribution is 2.24. The van der Waals surface area contributed by atoms with E-state index in [1.54, 1.807) is 12.1 Å². The number of rotatable bonds is 5. The highest BCUT2D eigenvalue weighted by atomic mass is 16.6. The molecular weight excluding hydrogens is 318 g/mol. The summed E-state index contributed by atoms with van der Waals surface area (Å²) in [5, 5.41) is 14.5. The van der Waals surface area contributed by atoms with E-state index in [2.05, 4.69) is 16.6 Å². The lowest BCUT2D eigenvalue weighted by Gasteiger charge is -2.18. The molecule has 2 aromatic rings. The predicted octanol–water partition coefficient (Wildman–Crippen LogP) is 3.17. The first-order valence-corrected chi connectivity index (χ1v) is 8.29. The second kappa shape index (κ2) is 7.70. The Bertz CT molecular complexity index is 813. The second-order valence-corrected chi connectivity index (χ2v) is 6.08. The van der Waals surface area contributed by atoms with Crippen LogP contribution in [-0.2, 0) is 24.1 Å². The number of nitrogens with zero attached hydrogens (tertiary/aromatic N) is 2. The van der Waals surface area contributed by atoms with E-state index in [0.717, 1.165) is 18.4 Å². The third-order valence-electron chi connectivity index (χ3n) is 4.35. The molecule has 0 aromatic heterocycles. The molecule has 0 aliphatic heterocycles. The van der Waals surface area contributed by atoms with Crippen molar-refractivity contribution in [3.63, 3.8) is 0 Å². The van der Waals surface area contributed by atoms with Gasteiger partial charge in [-0.2, -0.15) is 5.10 Å². The van der Waals surface area contributed by atoms with Gasteiger partial charge in [-0.15, -0.1) is 0 Å². The van der Waals surface area contributed by atoms with Gasteiger partial charge >= 0.3 is 0 Å². The zero-order valence-electron chi connectivity index (χ0n) is 13.8. The SMILES string of the molecule is O=C(Cc1cccc2c1CCCC2)N/N=C\c1ccc([N+](=O)[O-])cc1. The number of non-ortho nitro benzene ring substituents is 1. The summed E-state index contributed by atoms with van der Waals surface area (Å²) in [5.74, 6) is -0.169. The Kier molecular flexibility index (Phi) is 5.18. The molecule has 25 heavy (non-hydrogen) atoms. The predicted molar refractivity (Wildman–Crippen MR) is 95.6 cm³/mol. The van der Waals surface area contributed by atoms with Gasteiger partial charge in [-0.05, 0) is 60.1 Å². The van der Waals surface area contributed by atoms with Crippen LogP contribution in [0, 0.1) is 10.1 Å². The van der Waals surface area contributed by atoms with Crippen molar-refractivity contribution in [1.82, 2.24) is 5.43 Å². The van der Waals surface area contributed by atoms with E-state index in [4.69, 9.17) is 0 Å². The minimum Gasteiger partial charge on any atom is -0.273 e. The lowest BCUT2D eigenvalue weighted by atomic mass is 9.87. The van der Waals surface area contributed by atoms with Gasteiger partial charge in [0.1, 0.15) is 0 Å². The van der Waals surface area contributed by atoms with Gasteiger partial charge in [0.15, 0.2) is 0 Å². The van der Waals surface area contributed by atoms with E-state index < -0.39 is 4.92 Å². The van der Waals surface area contributed by atoms with Crippen LogP contribution in [0.4, 0.5) is 5.69 Å². The third kappa shape index (κ3) is 4.29. The maximum Gasteiger partial charge on any atom is 0.269 e. The number of nitro benzene ring substituents is 1. The van der Waals surface area contributed by atoms with E-state index in [9.17, 15) is 14.9 Å². The Hall–Kier alpha value is -3.02. The summed E-state index contributed by atoms with van der Waals surface area (Å²) < 4.78 is 0. The standard InChI is InChI=1S/C19H19N3O3/c23-19(12-16-6-3-5-15-4-1-2-7-18(15)16)21-20-13-14-8-10-17(11-9-14)22(24)25/h3,5-6,8-11,13H,1-2,4,7,12H2,(H,21,23)/b20-13-. The van der Waals surface area contributed by atoms with Crippen molar-refractivity contribution in [3.05, 3.63) is 74.8 Å². The van der Waals surface area contributed by atoms with Gasteiger partial charge in [0.25, 0.3) is 5.69 Å². The van der Waals surface area contributed by atoms with E-state index >= 15 is 0 Å². The summed E-state index contributed by atoms with van der Waals surface area (Å²) in [7, 11) is 0. The molecule has 1 N–H and O–H groups in total. The van der Waals surface area contributed by atoms with Gasteiger partial charge in [-0.25, -0.2) is 5.43 Å². The highest BCUT2D eigenvalue weighted by molar-refractivity contribution is 5.83. The van der Waals surface area contributed by atoms with Crippen LogP contribution in [0.15, 0.2) is 47.6 Å². The van der Waals surface area contributed by atoms with E-state index in [-0.39, 0.29) is 11.6 Å². The first kappa shape index (κ1) is 16.8. The molecular formula is C19H19N3O3. The molecule has 0 atom stereocenters. The van der Waals surface area contributed by atoms with Crippen molar-refractivity contribution >= 4 is 17.8 Å². The zero-order chi connectivity index (χ0) is 17.6.